The van der Waals surface area contributed by atoms with Crippen molar-refractivity contribution >= 4 is 0 Å². The number of ether oxygens (including phenoxy) is 2. The van der Waals surface area contributed by atoms with Gasteiger partial charge in [-0.2, -0.15) is 5.26 Å². The molecule has 0 fully saturated rings. The molecule has 0 aliphatic rings. The average molecular weight is 261 g/mol. The zero-order valence-electron chi connectivity index (χ0n) is 12.1. The number of hydrogen-bond donors (Lipinski definition) is 0. The fraction of sp³-hybridized carbons (Fsp3) is 0.562. The van der Waals surface area contributed by atoms with Gasteiger partial charge in [0.2, 0.25) is 0 Å². The predicted octanol–water partition coefficient (Wildman–Crippen LogP) is 4.18. The summed E-state index contributed by atoms with van der Waals surface area (Å²) in [7, 11) is 0. The Morgan fingerprint density at radius 2 is 1.68 bits per heavy atom. The lowest BCUT2D eigenvalue weighted by Gasteiger charge is -2.16. The normalized spacial score (nSPS) is 10.8. The summed E-state index contributed by atoms with van der Waals surface area (Å²) in [5.74, 6) is 1.58. The molecular weight excluding hydrogens is 238 g/mol. The Hall–Kier alpha value is -1.69. The van der Waals surface area contributed by atoms with E-state index in [4.69, 9.17) is 14.7 Å². The Balaban J connectivity index is 2.43. The Kier molecular flexibility index (Phi) is 6.21. The predicted molar refractivity (Wildman–Crippen MR) is 76.4 cm³/mol. The van der Waals surface area contributed by atoms with Crippen LogP contribution in [-0.4, -0.2) is 13.2 Å². The van der Waals surface area contributed by atoms with E-state index in [2.05, 4.69) is 13.0 Å². The van der Waals surface area contributed by atoms with Gasteiger partial charge in [0.25, 0.3) is 0 Å². The number of hydrogen-bond acceptors (Lipinski definition) is 3. The smallest absolute Gasteiger partial charge is 0.161 e. The molecule has 0 saturated carbocycles. The van der Waals surface area contributed by atoms with E-state index >= 15 is 0 Å². The molecule has 104 valence electrons. The van der Waals surface area contributed by atoms with Crippen LogP contribution in [0.1, 0.15) is 40.0 Å². The molecule has 3 nitrogen and oxygen atoms in total. The average Bonchev–Trinajstić information content (AvgIpc) is 2.42. The van der Waals surface area contributed by atoms with Gasteiger partial charge < -0.3 is 9.47 Å². The molecule has 0 heterocycles. The molecule has 19 heavy (non-hydrogen) atoms. The van der Waals surface area contributed by atoms with E-state index in [1.807, 2.05) is 38.1 Å². The SMILES string of the molecule is CCCOc1ccccc1OCCCC(C)(C)C#N. The highest BCUT2D eigenvalue weighted by atomic mass is 16.5. The van der Waals surface area contributed by atoms with Crippen LogP contribution in [0.5, 0.6) is 11.5 Å². The minimum atomic E-state index is -0.276. The molecular formula is C16H23NO2. The van der Waals surface area contributed by atoms with E-state index in [0.29, 0.717) is 13.2 Å². The van der Waals surface area contributed by atoms with Gasteiger partial charge in [0, 0.05) is 0 Å². The molecule has 0 radical (unpaired) electrons. The van der Waals surface area contributed by atoms with Crippen LogP contribution in [-0.2, 0) is 0 Å². The van der Waals surface area contributed by atoms with E-state index in [-0.39, 0.29) is 5.41 Å². The van der Waals surface area contributed by atoms with Crippen molar-refractivity contribution in [2.24, 2.45) is 5.41 Å². The third-order valence-electron chi connectivity index (χ3n) is 2.82. The first-order chi connectivity index (χ1) is 9.09. The fourth-order valence-electron chi connectivity index (χ4n) is 1.65. The lowest BCUT2D eigenvalue weighted by Crippen LogP contribution is -2.10. The molecule has 3 heteroatoms. The minimum absolute atomic E-state index is 0.276. The van der Waals surface area contributed by atoms with Crippen molar-refractivity contribution in [3.05, 3.63) is 24.3 Å². The van der Waals surface area contributed by atoms with Gasteiger partial charge in [-0.3, -0.25) is 0 Å². The lowest BCUT2D eigenvalue weighted by molar-refractivity contribution is 0.254. The second-order valence-electron chi connectivity index (χ2n) is 5.24. The summed E-state index contributed by atoms with van der Waals surface area (Å²) in [5.41, 5.74) is -0.276. The summed E-state index contributed by atoms with van der Waals surface area (Å²) in [6, 6.07) is 10.0. The van der Waals surface area contributed by atoms with Gasteiger partial charge in [0.1, 0.15) is 0 Å². The lowest BCUT2D eigenvalue weighted by atomic mass is 9.90. The van der Waals surface area contributed by atoms with Crippen LogP contribution < -0.4 is 9.47 Å². The van der Waals surface area contributed by atoms with Crippen molar-refractivity contribution < 1.29 is 9.47 Å². The fourth-order valence-corrected chi connectivity index (χ4v) is 1.65. The number of para-hydroxylation sites is 2. The first-order valence-electron chi connectivity index (χ1n) is 6.85. The maximum Gasteiger partial charge on any atom is 0.161 e. The van der Waals surface area contributed by atoms with Crippen molar-refractivity contribution in [1.29, 1.82) is 5.26 Å². The molecule has 0 atom stereocenters. The third kappa shape index (κ3) is 5.65. The Bertz CT molecular complexity index is 421. The van der Waals surface area contributed by atoms with E-state index in [1.54, 1.807) is 0 Å². The van der Waals surface area contributed by atoms with E-state index in [9.17, 15) is 0 Å². The van der Waals surface area contributed by atoms with Crippen LogP contribution in [0.2, 0.25) is 0 Å². The molecule has 0 saturated heterocycles. The highest BCUT2D eigenvalue weighted by Crippen LogP contribution is 2.27. The van der Waals surface area contributed by atoms with Crippen LogP contribution in [0.4, 0.5) is 0 Å². The molecule has 0 aliphatic heterocycles. The summed E-state index contributed by atoms with van der Waals surface area (Å²) >= 11 is 0. The van der Waals surface area contributed by atoms with Gasteiger partial charge >= 0.3 is 0 Å². The quantitative estimate of drug-likeness (QED) is 0.659. The molecule has 1 rings (SSSR count). The van der Waals surface area contributed by atoms with E-state index < -0.39 is 0 Å². The minimum Gasteiger partial charge on any atom is -0.490 e. The molecule has 0 aromatic heterocycles. The first kappa shape index (κ1) is 15.4. The maximum atomic E-state index is 8.94. The maximum absolute atomic E-state index is 8.94. The van der Waals surface area contributed by atoms with Crippen molar-refractivity contribution in [3.63, 3.8) is 0 Å². The van der Waals surface area contributed by atoms with Crippen LogP contribution >= 0.6 is 0 Å². The Morgan fingerprint density at radius 1 is 1.11 bits per heavy atom. The molecule has 1 aromatic rings. The van der Waals surface area contributed by atoms with Crippen LogP contribution in [0, 0.1) is 16.7 Å². The van der Waals surface area contributed by atoms with Crippen molar-refractivity contribution in [2.75, 3.05) is 13.2 Å². The second-order valence-corrected chi connectivity index (χ2v) is 5.24. The van der Waals surface area contributed by atoms with Crippen LogP contribution in [0.25, 0.3) is 0 Å². The number of nitrogens with zero attached hydrogens (tertiary/aromatic N) is 1. The largest absolute Gasteiger partial charge is 0.490 e. The molecule has 0 amide bonds. The van der Waals surface area contributed by atoms with Gasteiger partial charge in [0.05, 0.1) is 24.7 Å². The standard InChI is InChI=1S/C16H23NO2/c1-4-11-18-14-8-5-6-9-15(14)19-12-7-10-16(2,3)13-17/h5-6,8-9H,4,7,10-12H2,1-3H3. The summed E-state index contributed by atoms with van der Waals surface area (Å²) in [5, 5.41) is 8.94. The summed E-state index contributed by atoms with van der Waals surface area (Å²) in [4.78, 5) is 0. The first-order valence-corrected chi connectivity index (χ1v) is 6.85. The molecule has 0 bridgehead atoms. The number of rotatable bonds is 8. The highest BCUT2D eigenvalue weighted by Gasteiger charge is 2.15. The Morgan fingerprint density at radius 3 is 2.21 bits per heavy atom. The van der Waals surface area contributed by atoms with Crippen molar-refractivity contribution in [2.45, 2.75) is 40.0 Å². The van der Waals surface area contributed by atoms with Crippen molar-refractivity contribution in [3.8, 4) is 17.6 Å². The topological polar surface area (TPSA) is 42.2 Å². The number of nitriles is 1. The van der Waals surface area contributed by atoms with Crippen molar-refractivity contribution in [1.82, 2.24) is 0 Å². The molecule has 1 aromatic carbocycles. The summed E-state index contributed by atoms with van der Waals surface area (Å²) in [6.45, 7) is 7.28. The second kappa shape index (κ2) is 7.68. The van der Waals surface area contributed by atoms with Gasteiger partial charge in [-0.1, -0.05) is 19.1 Å². The van der Waals surface area contributed by atoms with Gasteiger partial charge in [-0.05, 0) is 45.2 Å². The third-order valence-corrected chi connectivity index (χ3v) is 2.82. The van der Waals surface area contributed by atoms with Gasteiger partial charge in [-0.25, -0.2) is 0 Å². The molecule has 0 N–H and O–H groups in total. The Labute approximate surface area is 116 Å². The van der Waals surface area contributed by atoms with Gasteiger partial charge in [0.15, 0.2) is 11.5 Å². The number of benzene rings is 1. The van der Waals surface area contributed by atoms with E-state index in [1.165, 1.54) is 0 Å². The van der Waals surface area contributed by atoms with Crippen LogP contribution in [0.3, 0.4) is 0 Å². The monoisotopic (exact) mass is 261 g/mol. The van der Waals surface area contributed by atoms with E-state index in [0.717, 1.165) is 30.8 Å². The van der Waals surface area contributed by atoms with Crippen LogP contribution in [0.15, 0.2) is 24.3 Å². The molecule has 0 aliphatic carbocycles. The molecule has 0 unspecified atom stereocenters. The summed E-state index contributed by atoms with van der Waals surface area (Å²) < 4.78 is 11.4. The summed E-state index contributed by atoms with van der Waals surface area (Å²) in [6.07, 6.45) is 2.68. The highest BCUT2D eigenvalue weighted by molar-refractivity contribution is 5.39. The zero-order valence-corrected chi connectivity index (χ0v) is 12.1. The zero-order chi connectivity index (χ0) is 14.1. The molecule has 0 spiro atoms. The van der Waals surface area contributed by atoms with Gasteiger partial charge in [-0.15, -0.1) is 0 Å².